The minimum Gasteiger partial charge on any atom is -0.351 e. The molecule has 4 aromatic rings. The van der Waals surface area contributed by atoms with Crippen LogP contribution in [-0.2, 0) is 6.54 Å². The van der Waals surface area contributed by atoms with Gasteiger partial charge in [-0.2, -0.15) is 0 Å². The summed E-state index contributed by atoms with van der Waals surface area (Å²) in [5.74, 6) is -0.191. The molecule has 4 rings (SSSR count). The van der Waals surface area contributed by atoms with Crippen LogP contribution in [0, 0.1) is 6.92 Å². The van der Waals surface area contributed by atoms with Crippen LogP contribution in [0.5, 0.6) is 0 Å². The third-order valence-electron chi connectivity index (χ3n) is 3.86. The summed E-state index contributed by atoms with van der Waals surface area (Å²) in [5.41, 5.74) is 2.52. The zero-order valence-electron chi connectivity index (χ0n) is 13.7. The summed E-state index contributed by atoms with van der Waals surface area (Å²) in [6, 6.07) is 10.8. The summed E-state index contributed by atoms with van der Waals surface area (Å²) in [7, 11) is 0. The van der Waals surface area contributed by atoms with Gasteiger partial charge in [-0.3, -0.25) is 14.7 Å². The number of benzene rings is 1. The van der Waals surface area contributed by atoms with E-state index in [0.29, 0.717) is 10.2 Å². The number of aromatic nitrogens is 3. The van der Waals surface area contributed by atoms with Gasteiger partial charge >= 0.3 is 0 Å². The molecule has 8 heteroatoms. The number of amides is 1. The van der Waals surface area contributed by atoms with E-state index in [4.69, 9.17) is 16.1 Å². The Morgan fingerprint density at radius 3 is 2.81 bits per heavy atom. The topological polar surface area (TPSA) is 72.1 Å². The van der Waals surface area contributed by atoms with Crippen molar-refractivity contribution >= 4 is 44.2 Å². The lowest BCUT2D eigenvalue weighted by Crippen LogP contribution is -2.30. The molecule has 1 amide bonds. The number of rotatable bonds is 4. The van der Waals surface area contributed by atoms with Gasteiger partial charge in [-0.25, -0.2) is 4.98 Å². The fourth-order valence-electron chi connectivity index (χ4n) is 2.55. The average Bonchev–Trinajstić information content (AvgIpc) is 3.33. The second-order valence-electron chi connectivity index (χ2n) is 5.63. The molecule has 130 valence electrons. The van der Waals surface area contributed by atoms with Gasteiger partial charge in [0.05, 0.1) is 33.7 Å². The molecule has 0 N–H and O–H groups in total. The van der Waals surface area contributed by atoms with Gasteiger partial charge in [0.25, 0.3) is 5.91 Å². The minimum absolute atomic E-state index is 0.142. The van der Waals surface area contributed by atoms with Crippen LogP contribution in [0.2, 0.25) is 5.02 Å². The first-order valence-corrected chi connectivity index (χ1v) is 9.01. The van der Waals surface area contributed by atoms with Crippen molar-refractivity contribution < 1.29 is 9.32 Å². The molecule has 3 aromatic heterocycles. The molecule has 0 fully saturated rings. The van der Waals surface area contributed by atoms with Gasteiger partial charge in [0.1, 0.15) is 0 Å². The molecule has 1 aromatic carbocycles. The monoisotopic (exact) mass is 384 g/mol. The maximum Gasteiger partial charge on any atom is 0.299 e. The van der Waals surface area contributed by atoms with Crippen LogP contribution in [0.25, 0.3) is 10.2 Å². The summed E-state index contributed by atoms with van der Waals surface area (Å²) in [6.07, 6.45) is 3.12. The second-order valence-corrected chi connectivity index (χ2v) is 7.01. The zero-order chi connectivity index (χ0) is 18.1. The molecule has 0 aliphatic heterocycles. The SMILES string of the molecule is Cc1ccc(Cl)c2sc(N(Cc3ccccn3)C(=O)c3ccno3)nc12. The fraction of sp³-hybridized carbons (Fsp3) is 0.111. The third kappa shape index (κ3) is 3.07. The predicted molar refractivity (Wildman–Crippen MR) is 101 cm³/mol. The molecule has 0 spiro atoms. The van der Waals surface area contributed by atoms with Gasteiger partial charge in [-0.05, 0) is 30.7 Å². The smallest absolute Gasteiger partial charge is 0.299 e. The number of carbonyl (C=O) groups excluding carboxylic acids is 1. The zero-order valence-corrected chi connectivity index (χ0v) is 15.3. The first-order chi connectivity index (χ1) is 12.6. The van der Waals surface area contributed by atoms with Gasteiger partial charge in [0, 0.05) is 12.3 Å². The second kappa shape index (κ2) is 6.86. The van der Waals surface area contributed by atoms with Crippen molar-refractivity contribution in [2.45, 2.75) is 13.5 Å². The van der Waals surface area contributed by atoms with Crippen LogP contribution in [0.3, 0.4) is 0 Å². The molecule has 0 radical (unpaired) electrons. The molecular weight excluding hydrogens is 372 g/mol. The van der Waals surface area contributed by atoms with Crippen molar-refractivity contribution in [3.05, 3.63) is 70.8 Å². The number of anilines is 1. The Kier molecular flexibility index (Phi) is 4.40. The van der Waals surface area contributed by atoms with E-state index in [9.17, 15) is 4.79 Å². The first-order valence-electron chi connectivity index (χ1n) is 7.81. The van der Waals surface area contributed by atoms with E-state index in [1.165, 1.54) is 28.5 Å². The highest BCUT2D eigenvalue weighted by Gasteiger charge is 2.25. The first kappa shape index (κ1) is 16.7. The Hall–Kier alpha value is -2.77. The predicted octanol–water partition coefficient (Wildman–Crippen LogP) is 4.49. The van der Waals surface area contributed by atoms with Crippen molar-refractivity contribution in [3.8, 4) is 0 Å². The molecular formula is C18H13ClN4O2S. The van der Waals surface area contributed by atoms with Gasteiger partial charge < -0.3 is 4.52 Å². The number of halogens is 1. The number of hydrogen-bond acceptors (Lipinski definition) is 6. The van der Waals surface area contributed by atoms with E-state index >= 15 is 0 Å². The highest BCUT2D eigenvalue weighted by molar-refractivity contribution is 7.23. The van der Waals surface area contributed by atoms with Crippen molar-refractivity contribution in [2.75, 3.05) is 4.90 Å². The molecule has 3 heterocycles. The summed E-state index contributed by atoms with van der Waals surface area (Å²) in [4.78, 5) is 23.4. The molecule has 0 aliphatic carbocycles. The van der Waals surface area contributed by atoms with E-state index in [2.05, 4.69) is 15.1 Å². The summed E-state index contributed by atoms with van der Waals surface area (Å²) < 4.78 is 5.89. The summed E-state index contributed by atoms with van der Waals surface area (Å²) in [6.45, 7) is 2.22. The standard InChI is InChI=1S/C18H13ClN4O2S/c1-11-5-6-13(19)16-15(11)22-18(26-16)23(10-12-4-2-3-8-20-12)17(24)14-7-9-21-25-14/h2-9H,10H2,1H3. The Morgan fingerprint density at radius 2 is 2.12 bits per heavy atom. The largest absolute Gasteiger partial charge is 0.351 e. The Bertz CT molecular complexity index is 1020. The van der Waals surface area contributed by atoms with Gasteiger partial charge in [0.2, 0.25) is 5.76 Å². The van der Waals surface area contributed by atoms with E-state index in [-0.39, 0.29) is 18.2 Å². The minimum atomic E-state index is -0.332. The summed E-state index contributed by atoms with van der Waals surface area (Å²) >= 11 is 7.68. The van der Waals surface area contributed by atoms with Crippen LogP contribution >= 0.6 is 22.9 Å². The number of thiazole rings is 1. The van der Waals surface area contributed by atoms with Crippen molar-refractivity contribution in [2.24, 2.45) is 0 Å². The average molecular weight is 385 g/mol. The number of pyridine rings is 1. The molecule has 0 atom stereocenters. The maximum atomic E-state index is 13.0. The number of fused-ring (bicyclic) bond motifs is 1. The summed E-state index contributed by atoms with van der Waals surface area (Å²) in [5, 5.41) is 4.76. The van der Waals surface area contributed by atoms with Crippen LogP contribution in [0.4, 0.5) is 5.13 Å². The van der Waals surface area contributed by atoms with E-state index in [1.54, 1.807) is 6.20 Å². The highest BCUT2D eigenvalue weighted by atomic mass is 35.5. The number of nitrogens with zero attached hydrogens (tertiary/aromatic N) is 4. The lowest BCUT2D eigenvalue weighted by molar-refractivity contribution is 0.0949. The van der Waals surface area contributed by atoms with E-state index < -0.39 is 0 Å². The molecule has 0 aliphatic rings. The van der Waals surface area contributed by atoms with Crippen LogP contribution < -0.4 is 4.90 Å². The Morgan fingerprint density at radius 1 is 1.23 bits per heavy atom. The van der Waals surface area contributed by atoms with Crippen LogP contribution in [-0.4, -0.2) is 21.0 Å². The quantitative estimate of drug-likeness (QED) is 0.518. The molecule has 0 unspecified atom stereocenters. The number of hydrogen-bond donors (Lipinski definition) is 0. The number of aryl methyl sites for hydroxylation is 1. The van der Waals surface area contributed by atoms with Gasteiger partial charge in [-0.15, -0.1) is 0 Å². The molecule has 26 heavy (non-hydrogen) atoms. The molecule has 0 bridgehead atoms. The molecule has 6 nitrogen and oxygen atoms in total. The van der Waals surface area contributed by atoms with E-state index in [1.807, 2.05) is 37.3 Å². The van der Waals surface area contributed by atoms with E-state index in [0.717, 1.165) is 21.5 Å². The van der Waals surface area contributed by atoms with Gasteiger partial charge in [0.15, 0.2) is 5.13 Å². The lowest BCUT2D eigenvalue weighted by atomic mass is 10.2. The molecule has 0 saturated heterocycles. The third-order valence-corrected chi connectivity index (χ3v) is 5.40. The van der Waals surface area contributed by atoms with Crippen molar-refractivity contribution in [1.29, 1.82) is 0 Å². The van der Waals surface area contributed by atoms with Crippen LogP contribution in [0.1, 0.15) is 21.8 Å². The van der Waals surface area contributed by atoms with Crippen molar-refractivity contribution in [3.63, 3.8) is 0 Å². The Labute approximate surface area is 158 Å². The maximum absolute atomic E-state index is 13.0. The lowest BCUT2D eigenvalue weighted by Gasteiger charge is -2.17. The normalized spacial score (nSPS) is 11.0. The van der Waals surface area contributed by atoms with Gasteiger partial charge in [-0.1, -0.05) is 40.2 Å². The number of carbonyl (C=O) groups is 1. The Balaban J connectivity index is 1.81. The highest BCUT2D eigenvalue weighted by Crippen LogP contribution is 2.36. The molecule has 0 saturated carbocycles. The van der Waals surface area contributed by atoms with Crippen molar-refractivity contribution in [1.82, 2.24) is 15.1 Å². The fourth-order valence-corrected chi connectivity index (χ4v) is 3.86. The van der Waals surface area contributed by atoms with Crippen LogP contribution in [0.15, 0.2) is 53.3 Å².